The van der Waals surface area contributed by atoms with Crippen LogP contribution in [0, 0.1) is 15.9 Å². The lowest BCUT2D eigenvalue weighted by molar-refractivity contribution is 0.867. The molecule has 7 heavy (non-hydrogen) atoms. The van der Waals surface area contributed by atoms with Crippen LogP contribution in [0.2, 0.25) is 0 Å². The molecule has 0 fully saturated rings. The number of halogens is 1. The van der Waals surface area contributed by atoms with Crippen molar-refractivity contribution in [3.63, 3.8) is 0 Å². The Balaban J connectivity index is 3.24. The van der Waals surface area contributed by atoms with Gasteiger partial charge in [0.05, 0.1) is 0 Å². The maximum absolute atomic E-state index is 5.41. The monoisotopic (exact) mass is 126 g/mol. The molecule has 0 radical (unpaired) electrons. The van der Waals surface area contributed by atoms with E-state index in [1.807, 2.05) is 0 Å². The quantitative estimate of drug-likeness (QED) is 0.341. The van der Waals surface area contributed by atoms with Crippen LogP contribution in [0.15, 0.2) is 0 Å². The molecule has 2 heteroatoms. The number of hydrogen-bond donors (Lipinski definition) is 0. The third-order valence-corrected chi connectivity index (χ3v) is 1.20. The van der Waals surface area contributed by atoms with E-state index in [0.717, 1.165) is 0 Å². The standard InChI is InChI=1S/C5H7.ClH.Mg/c1-4-5(2)3;;/h5H,2-3H3;1H;/q;;+1/p-1. The second kappa shape index (κ2) is 4.77. The molecule has 0 nitrogen and oxygen atoms in total. The van der Waals surface area contributed by atoms with Gasteiger partial charge in [0.25, 0.3) is 0 Å². The van der Waals surface area contributed by atoms with Gasteiger partial charge in [-0.3, -0.25) is 0 Å². The van der Waals surface area contributed by atoms with Crippen LogP contribution < -0.4 is 0 Å². The molecule has 0 N–H and O–H groups in total. The summed E-state index contributed by atoms with van der Waals surface area (Å²) in [4.78, 5) is 0. The van der Waals surface area contributed by atoms with Crippen molar-refractivity contribution in [2.45, 2.75) is 13.8 Å². The zero-order valence-electron chi connectivity index (χ0n) is 4.66. The van der Waals surface area contributed by atoms with Gasteiger partial charge in [-0.2, -0.15) is 0 Å². The van der Waals surface area contributed by atoms with Crippen molar-refractivity contribution in [1.29, 1.82) is 0 Å². The maximum atomic E-state index is 5.41. The van der Waals surface area contributed by atoms with Crippen LogP contribution in [0.3, 0.4) is 0 Å². The first-order valence-corrected chi connectivity index (χ1v) is 5.16. The minimum atomic E-state index is -0.518. The van der Waals surface area contributed by atoms with Gasteiger partial charge < -0.3 is 9.07 Å². The molecule has 0 saturated heterocycles. The van der Waals surface area contributed by atoms with Gasteiger partial charge in [-0.05, 0) is 0 Å². The molecule has 0 rings (SSSR count). The minimum absolute atomic E-state index is 0.492. The molecule has 0 aliphatic rings. The maximum Gasteiger partial charge on any atom is 0.598 e. The van der Waals surface area contributed by atoms with E-state index in [9.17, 15) is 0 Å². The molecule has 0 spiro atoms. The van der Waals surface area contributed by atoms with Crippen LogP contribution in [-0.2, 0) is 0 Å². The summed E-state index contributed by atoms with van der Waals surface area (Å²) < 4.78 is 2.90. The summed E-state index contributed by atoms with van der Waals surface area (Å²) in [5.41, 5.74) is 0. The molecule has 0 aromatic carbocycles. The smallest absolute Gasteiger partial charge is 0.316 e. The third kappa shape index (κ3) is 6.62. The van der Waals surface area contributed by atoms with Crippen molar-refractivity contribution in [3.05, 3.63) is 0 Å². The van der Waals surface area contributed by atoms with Gasteiger partial charge in [0, 0.05) is 5.92 Å². The average Bonchev–Trinajstić information content (AvgIpc) is 1.61. The summed E-state index contributed by atoms with van der Waals surface area (Å²) in [6.07, 6.45) is 0. The lowest BCUT2D eigenvalue weighted by atomic mass is 10.2. The van der Waals surface area contributed by atoms with E-state index in [4.69, 9.17) is 9.07 Å². The highest BCUT2D eigenvalue weighted by Crippen LogP contribution is 1.84. The predicted octanol–water partition coefficient (Wildman–Crippen LogP) is 1.46. The van der Waals surface area contributed by atoms with Crippen molar-refractivity contribution >= 4 is 28.3 Å². The lowest BCUT2D eigenvalue weighted by Gasteiger charge is -1.83. The average molecular weight is 127 g/mol. The van der Waals surface area contributed by atoms with E-state index in [-0.39, 0.29) is 0 Å². The molecular weight excluding hydrogens is 120 g/mol. The van der Waals surface area contributed by atoms with Crippen LogP contribution in [0.1, 0.15) is 13.8 Å². The third-order valence-electron chi connectivity index (χ3n) is 0.458. The normalized spacial score (nSPS) is 6.86. The van der Waals surface area contributed by atoms with Crippen LogP contribution >= 0.6 is 9.07 Å². The van der Waals surface area contributed by atoms with Gasteiger partial charge in [0.1, 0.15) is 0 Å². The van der Waals surface area contributed by atoms with Crippen molar-refractivity contribution in [2.24, 2.45) is 5.92 Å². The molecule has 0 amide bonds. The molecule has 36 valence electrons. The van der Waals surface area contributed by atoms with Gasteiger partial charge in [-0.15, -0.1) is 5.92 Å². The molecule has 0 heterocycles. The second-order valence-corrected chi connectivity index (χ2v) is 3.03. The fourth-order valence-electron chi connectivity index (χ4n) is 0.243. The molecule has 0 saturated carbocycles. The molecule has 0 bridgehead atoms. The Bertz CT molecular complexity index is 88.0. The van der Waals surface area contributed by atoms with E-state index in [1.54, 1.807) is 0 Å². The Hall–Kier alpha value is 0.616. The summed E-state index contributed by atoms with van der Waals surface area (Å²) in [5, 5.41) is 0. The van der Waals surface area contributed by atoms with E-state index < -0.39 is 19.3 Å². The predicted molar refractivity (Wildman–Crippen MR) is 34.2 cm³/mol. The summed E-state index contributed by atoms with van der Waals surface area (Å²) in [5.74, 6) is 3.47. The van der Waals surface area contributed by atoms with E-state index in [0.29, 0.717) is 5.92 Å². The van der Waals surface area contributed by atoms with Crippen molar-refractivity contribution in [3.8, 4) is 9.97 Å². The van der Waals surface area contributed by atoms with Gasteiger partial charge in [-0.1, -0.05) is 13.8 Å². The van der Waals surface area contributed by atoms with Gasteiger partial charge >= 0.3 is 19.3 Å². The first kappa shape index (κ1) is 7.62. The molecular formula is C5H7ClMg. The topological polar surface area (TPSA) is 0 Å². The Labute approximate surface area is 58.1 Å². The highest BCUT2D eigenvalue weighted by atomic mass is 35.5. The van der Waals surface area contributed by atoms with E-state index >= 15 is 0 Å². The number of hydrogen-bond acceptors (Lipinski definition) is 0. The summed E-state index contributed by atoms with van der Waals surface area (Å²) in [6.45, 7) is 4.13. The Morgan fingerprint density at radius 1 is 1.57 bits per heavy atom. The van der Waals surface area contributed by atoms with Gasteiger partial charge in [0.2, 0.25) is 0 Å². The van der Waals surface area contributed by atoms with Gasteiger partial charge in [-0.25, -0.2) is 4.05 Å². The fourth-order valence-corrected chi connectivity index (χ4v) is 0.960. The molecule has 0 aliphatic heterocycles. The number of rotatable bonds is 0. The Morgan fingerprint density at radius 2 is 2.14 bits per heavy atom. The van der Waals surface area contributed by atoms with Crippen LogP contribution in [0.4, 0.5) is 0 Å². The Kier molecular flexibility index (Phi) is 5.19. The molecule has 0 aromatic rings. The molecule has 0 aliphatic carbocycles. The van der Waals surface area contributed by atoms with Crippen molar-refractivity contribution < 1.29 is 0 Å². The van der Waals surface area contributed by atoms with Crippen LogP contribution in [0.25, 0.3) is 0 Å². The van der Waals surface area contributed by atoms with Gasteiger partial charge in [0.15, 0.2) is 0 Å². The van der Waals surface area contributed by atoms with Crippen molar-refractivity contribution in [1.82, 2.24) is 0 Å². The lowest BCUT2D eigenvalue weighted by Crippen LogP contribution is -1.78. The van der Waals surface area contributed by atoms with E-state index in [2.05, 4.69) is 23.8 Å². The zero-order chi connectivity index (χ0) is 5.70. The zero-order valence-corrected chi connectivity index (χ0v) is 6.83. The minimum Gasteiger partial charge on any atom is -0.316 e. The van der Waals surface area contributed by atoms with E-state index in [1.165, 1.54) is 0 Å². The highest BCUT2D eigenvalue weighted by Gasteiger charge is 1.80. The molecule has 0 unspecified atom stereocenters. The summed E-state index contributed by atoms with van der Waals surface area (Å²) in [7, 11) is 5.41. The second-order valence-electron chi connectivity index (χ2n) is 1.61. The van der Waals surface area contributed by atoms with Crippen molar-refractivity contribution in [2.75, 3.05) is 0 Å². The fraction of sp³-hybridized carbons (Fsp3) is 0.600. The van der Waals surface area contributed by atoms with Crippen LogP contribution in [-0.4, -0.2) is 19.3 Å². The molecule has 0 atom stereocenters. The first-order valence-electron chi connectivity index (χ1n) is 2.31. The first-order chi connectivity index (χ1) is 3.27. The summed E-state index contributed by atoms with van der Waals surface area (Å²) in [6, 6.07) is 0. The summed E-state index contributed by atoms with van der Waals surface area (Å²) >= 11 is -0.518. The van der Waals surface area contributed by atoms with Crippen LogP contribution in [0.5, 0.6) is 0 Å². The molecule has 0 aromatic heterocycles. The largest absolute Gasteiger partial charge is 0.598 e. The SMILES string of the molecule is CC(C)C#[C][Mg][Cl]. The highest BCUT2D eigenvalue weighted by molar-refractivity contribution is 6.98. The Morgan fingerprint density at radius 3 is 2.29 bits per heavy atom.